The first kappa shape index (κ1) is 32.7. The number of nitrogens with one attached hydrogen (secondary N) is 2. The predicted octanol–water partition coefficient (Wildman–Crippen LogP) is 5.36. The number of anilines is 4. The second-order valence-electron chi connectivity index (χ2n) is 12.3. The van der Waals surface area contributed by atoms with Gasteiger partial charge in [0, 0.05) is 62.1 Å². The molecule has 0 unspecified atom stereocenters. The van der Waals surface area contributed by atoms with Gasteiger partial charge >= 0.3 is 12.3 Å². The zero-order valence-corrected chi connectivity index (χ0v) is 26.8. The summed E-state index contributed by atoms with van der Waals surface area (Å²) in [4.78, 5) is 42.9. The van der Waals surface area contributed by atoms with E-state index in [4.69, 9.17) is 4.74 Å². The molecule has 48 heavy (non-hydrogen) atoms. The monoisotopic (exact) mass is 664 g/mol. The van der Waals surface area contributed by atoms with Crippen molar-refractivity contribution in [3.8, 4) is 17.1 Å². The van der Waals surface area contributed by atoms with Crippen molar-refractivity contribution in [2.24, 2.45) is 18.9 Å². The molecule has 6 rings (SSSR count). The van der Waals surface area contributed by atoms with E-state index in [1.54, 1.807) is 20.0 Å². The quantitative estimate of drug-likeness (QED) is 0.178. The van der Waals surface area contributed by atoms with Crippen molar-refractivity contribution in [3.05, 3.63) is 60.9 Å². The Morgan fingerprint density at radius 2 is 1.77 bits per heavy atom. The minimum absolute atomic E-state index is 0.0648. The summed E-state index contributed by atoms with van der Waals surface area (Å²) in [6.07, 6.45) is -1.41. The Morgan fingerprint density at radius 3 is 2.44 bits per heavy atom. The molecule has 15 heteroatoms. The van der Waals surface area contributed by atoms with Crippen molar-refractivity contribution < 1.29 is 32.2 Å². The second kappa shape index (κ2) is 12.8. The molecule has 2 saturated heterocycles. The van der Waals surface area contributed by atoms with Gasteiger partial charge in [-0.05, 0) is 50.9 Å². The second-order valence-corrected chi connectivity index (χ2v) is 12.3. The highest BCUT2D eigenvalue weighted by molar-refractivity contribution is 6.03. The first-order valence-corrected chi connectivity index (χ1v) is 15.4. The van der Waals surface area contributed by atoms with E-state index >= 15 is 0 Å². The number of para-hydroxylation sites is 1. The first-order chi connectivity index (χ1) is 22.8. The summed E-state index contributed by atoms with van der Waals surface area (Å²) in [6, 6.07) is 8.80. The number of fused-ring (bicyclic) bond motifs is 2. The zero-order valence-electron chi connectivity index (χ0n) is 26.8. The summed E-state index contributed by atoms with van der Waals surface area (Å²) in [5.41, 5.74) is 1.59. The fourth-order valence-electron chi connectivity index (χ4n) is 6.41. The standard InChI is InChI=1S/C33H35F3N8O4/c1-6-27(45)38-24-11-25(30(48-33(34,35)36)41-29(24)44-15-19-13-42(4)14-20(19)16-44)39-32-37-12-22(31(46)47-18(2)3)28(40-32)23-17-43(5)26-10-8-7-9-21(23)26/h6-12,17-20H,1,13-16H2,2-5H3,(H,38,45)(H,37,39,40)/t19-,20+. The number of ether oxygens (including phenoxy) is 2. The van der Waals surface area contributed by atoms with Gasteiger partial charge in [-0.2, -0.15) is 4.98 Å². The fraction of sp³-hybridized carbons (Fsp3) is 0.364. The highest BCUT2D eigenvalue weighted by Crippen LogP contribution is 2.41. The zero-order chi connectivity index (χ0) is 34.3. The number of likely N-dealkylation sites (tertiary alicyclic amines) is 1. The molecule has 1 amide bonds. The third kappa shape index (κ3) is 6.76. The van der Waals surface area contributed by atoms with Crippen LogP contribution in [0.5, 0.6) is 5.88 Å². The molecule has 252 valence electrons. The number of halogens is 3. The Balaban J connectivity index is 1.45. The van der Waals surface area contributed by atoms with E-state index in [1.807, 2.05) is 47.8 Å². The third-order valence-corrected chi connectivity index (χ3v) is 8.34. The number of alkyl halides is 3. The molecule has 4 aromatic rings. The molecule has 2 aliphatic rings. The van der Waals surface area contributed by atoms with Crippen LogP contribution >= 0.6 is 0 Å². The van der Waals surface area contributed by atoms with Crippen molar-refractivity contribution in [2.75, 3.05) is 48.8 Å². The van der Waals surface area contributed by atoms with Gasteiger partial charge in [-0.15, -0.1) is 13.2 Å². The van der Waals surface area contributed by atoms with Crippen LogP contribution in [0.3, 0.4) is 0 Å². The molecule has 3 aromatic heterocycles. The Hall–Kier alpha value is -5.18. The smallest absolute Gasteiger partial charge is 0.459 e. The first-order valence-electron chi connectivity index (χ1n) is 15.4. The molecule has 1 aromatic carbocycles. The Bertz CT molecular complexity index is 1880. The minimum Gasteiger partial charge on any atom is -0.459 e. The van der Waals surface area contributed by atoms with Crippen LogP contribution in [-0.2, 0) is 16.6 Å². The van der Waals surface area contributed by atoms with Crippen LogP contribution in [0, 0.1) is 11.8 Å². The van der Waals surface area contributed by atoms with Crippen molar-refractivity contribution in [1.82, 2.24) is 24.4 Å². The van der Waals surface area contributed by atoms with Crippen LogP contribution in [0.2, 0.25) is 0 Å². The lowest BCUT2D eigenvalue weighted by Crippen LogP contribution is -2.29. The van der Waals surface area contributed by atoms with Gasteiger partial charge < -0.3 is 34.5 Å². The van der Waals surface area contributed by atoms with Crippen LogP contribution in [-0.4, -0.2) is 82.0 Å². The molecule has 0 bridgehead atoms. The molecule has 0 saturated carbocycles. The van der Waals surface area contributed by atoms with Gasteiger partial charge in [0.15, 0.2) is 5.82 Å². The largest absolute Gasteiger partial charge is 0.574 e. The Kier molecular flexibility index (Phi) is 8.72. The number of aryl methyl sites for hydroxylation is 1. The SMILES string of the molecule is C=CC(=O)Nc1cc(Nc2ncc(C(=O)OC(C)C)c(-c3cn(C)c4ccccc34)n2)c(OC(F)(F)F)nc1N1C[C@H]2CN(C)C[C@H]2C1. The van der Waals surface area contributed by atoms with E-state index < -0.39 is 30.2 Å². The molecular weight excluding hydrogens is 629 g/mol. The van der Waals surface area contributed by atoms with E-state index in [2.05, 4.69) is 41.8 Å². The average Bonchev–Trinajstić information content (AvgIpc) is 3.68. The number of esters is 1. The summed E-state index contributed by atoms with van der Waals surface area (Å²) in [7, 11) is 3.87. The molecular formula is C33H35F3N8O4. The summed E-state index contributed by atoms with van der Waals surface area (Å²) in [5, 5.41) is 6.25. The molecule has 12 nitrogen and oxygen atoms in total. The van der Waals surface area contributed by atoms with Crippen LogP contribution in [0.15, 0.2) is 55.4 Å². The van der Waals surface area contributed by atoms with Gasteiger partial charge in [0.2, 0.25) is 17.7 Å². The minimum atomic E-state index is -5.09. The maximum absolute atomic E-state index is 13.8. The van der Waals surface area contributed by atoms with Gasteiger partial charge in [0.1, 0.15) is 11.3 Å². The van der Waals surface area contributed by atoms with Gasteiger partial charge in [0.25, 0.3) is 0 Å². The number of rotatable bonds is 9. The summed E-state index contributed by atoms with van der Waals surface area (Å²) in [6.45, 7) is 9.69. The molecule has 5 heterocycles. The lowest BCUT2D eigenvalue weighted by Gasteiger charge is -2.25. The number of nitrogens with zero attached hydrogens (tertiary/aromatic N) is 6. The van der Waals surface area contributed by atoms with E-state index in [1.165, 1.54) is 12.3 Å². The molecule has 2 aliphatic heterocycles. The molecule has 0 spiro atoms. The molecule has 2 N–H and O–H groups in total. The highest BCUT2D eigenvalue weighted by Gasteiger charge is 2.41. The summed E-state index contributed by atoms with van der Waals surface area (Å²) in [5.74, 6) is -1.45. The van der Waals surface area contributed by atoms with Gasteiger partial charge in [-0.1, -0.05) is 24.8 Å². The number of pyridine rings is 1. The van der Waals surface area contributed by atoms with Crippen LogP contribution in [0.25, 0.3) is 22.2 Å². The lowest BCUT2D eigenvalue weighted by atomic mass is 10.0. The van der Waals surface area contributed by atoms with Gasteiger partial charge in [-0.25, -0.2) is 14.8 Å². The maximum Gasteiger partial charge on any atom is 0.574 e. The van der Waals surface area contributed by atoms with E-state index in [-0.39, 0.29) is 34.4 Å². The van der Waals surface area contributed by atoms with Crippen LogP contribution < -0.4 is 20.3 Å². The normalized spacial score (nSPS) is 17.9. The maximum atomic E-state index is 13.8. The van der Waals surface area contributed by atoms with Gasteiger partial charge in [-0.3, -0.25) is 4.79 Å². The van der Waals surface area contributed by atoms with Crippen LogP contribution in [0.1, 0.15) is 24.2 Å². The van der Waals surface area contributed by atoms with Crippen molar-refractivity contribution in [2.45, 2.75) is 26.3 Å². The number of carbonyl (C=O) groups excluding carboxylic acids is 2. The highest BCUT2D eigenvalue weighted by atomic mass is 19.4. The molecule has 0 radical (unpaired) electrons. The third-order valence-electron chi connectivity index (χ3n) is 8.34. The van der Waals surface area contributed by atoms with Crippen LogP contribution in [0.4, 0.5) is 36.3 Å². The average molecular weight is 665 g/mol. The van der Waals surface area contributed by atoms with E-state index in [0.717, 1.165) is 30.1 Å². The van der Waals surface area contributed by atoms with E-state index in [9.17, 15) is 22.8 Å². The van der Waals surface area contributed by atoms with Crippen molar-refractivity contribution in [3.63, 3.8) is 0 Å². The number of benzene rings is 1. The van der Waals surface area contributed by atoms with E-state index in [0.29, 0.717) is 30.5 Å². The molecule has 2 atom stereocenters. The van der Waals surface area contributed by atoms with Crippen molar-refractivity contribution in [1.29, 1.82) is 0 Å². The number of amides is 1. The summed E-state index contributed by atoms with van der Waals surface area (Å²) < 4.78 is 53.0. The fourth-order valence-corrected chi connectivity index (χ4v) is 6.41. The Labute approximate surface area is 274 Å². The predicted molar refractivity (Wildman–Crippen MR) is 174 cm³/mol. The number of aromatic nitrogens is 4. The molecule has 2 fully saturated rings. The van der Waals surface area contributed by atoms with Gasteiger partial charge in [0.05, 0.1) is 17.5 Å². The number of hydrogen-bond acceptors (Lipinski definition) is 10. The molecule has 0 aliphatic carbocycles. The number of hydrogen-bond donors (Lipinski definition) is 2. The lowest BCUT2D eigenvalue weighted by molar-refractivity contribution is -0.275. The topological polar surface area (TPSA) is 127 Å². The van der Waals surface area contributed by atoms with Crippen molar-refractivity contribution >= 4 is 45.9 Å². The number of carbonyl (C=O) groups is 2. The Morgan fingerprint density at radius 1 is 1.06 bits per heavy atom. The summed E-state index contributed by atoms with van der Waals surface area (Å²) >= 11 is 0.